The maximum atomic E-state index is 14.3. The smallest absolute Gasteiger partial charge is 0.348 e. The van der Waals surface area contributed by atoms with Crippen molar-refractivity contribution in [2.24, 2.45) is 0 Å². The van der Waals surface area contributed by atoms with E-state index < -0.39 is 23.1 Å². The maximum Gasteiger partial charge on any atom is 0.348 e. The zero-order valence-electron chi connectivity index (χ0n) is 13.5. The van der Waals surface area contributed by atoms with Crippen molar-refractivity contribution in [1.82, 2.24) is 0 Å². The van der Waals surface area contributed by atoms with Gasteiger partial charge in [-0.05, 0) is 23.3 Å². The van der Waals surface area contributed by atoms with Crippen molar-refractivity contribution in [2.75, 3.05) is 11.8 Å². The number of carbonyl (C=O) groups excluding carboxylic acids is 1. The molecule has 0 amide bonds. The van der Waals surface area contributed by atoms with Gasteiger partial charge < -0.3 is 14.0 Å². The molecule has 1 aromatic heterocycles. The first-order chi connectivity index (χ1) is 12.5. The van der Waals surface area contributed by atoms with Gasteiger partial charge in [-0.25, -0.2) is 9.18 Å². The van der Waals surface area contributed by atoms with Crippen LogP contribution in [0.4, 0.5) is 10.1 Å². The Morgan fingerprint density at radius 3 is 2.54 bits per heavy atom. The number of anilines is 1. The molecule has 0 aliphatic rings. The molecule has 2 aromatic carbocycles. The summed E-state index contributed by atoms with van der Waals surface area (Å²) < 4.78 is 42.6. The summed E-state index contributed by atoms with van der Waals surface area (Å²) in [5.74, 6) is -1.26. The number of hydrogen-bond donors (Lipinski definition) is 1. The van der Waals surface area contributed by atoms with E-state index in [9.17, 15) is 17.9 Å². The minimum absolute atomic E-state index is 0.168. The highest BCUT2D eigenvalue weighted by Gasteiger charge is 2.21. The molecular formula is C18H13FNO4S2-. The molecule has 0 saturated heterocycles. The largest absolute Gasteiger partial charge is 0.755 e. The molecule has 1 unspecified atom stereocenters. The van der Waals surface area contributed by atoms with Crippen LogP contribution in [0.2, 0.25) is 0 Å². The quantitative estimate of drug-likeness (QED) is 0.523. The topological polar surface area (TPSA) is 78.5 Å². The lowest BCUT2D eigenvalue weighted by Crippen LogP contribution is -2.04. The number of ether oxygens (including phenoxy) is 1. The Labute approximate surface area is 155 Å². The van der Waals surface area contributed by atoms with Crippen molar-refractivity contribution >= 4 is 34.3 Å². The van der Waals surface area contributed by atoms with E-state index in [1.807, 2.05) is 40.4 Å². The van der Waals surface area contributed by atoms with Gasteiger partial charge in [0, 0.05) is 27.8 Å². The molecule has 8 heteroatoms. The number of thiophene rings is 1. The minimum atomic E-state index is -2.63. The Morgan fingerprint density at radius 1 is 1.19 bits per heavy atom. The van der Waals surface area contributed by atoms with Gasteiger partial charge >= 0.3 is 5.97 Å². The SMILES string of the molecule is COC(=O)c1scc(-c2ccccc2)c1-c1ccc(NS(=O)[O-])c(F)c1. The molecule has 134 valence electrons. The lowest BCUT2D eigenvalue weighted by atomic mass is 9.96. The molecule has 0 spiro atoms. The van der Waals surface area contributed by atoms with E-state index in [0.717, 1.165) is 11.1 Å². The first kappa shape index (κ1) is 18.2. The number of esters is 1. The van der Waals surface area contributed by atoms with Gasteiger partial charge in [0.2, 0.25) is 0 Å². The van der Waals surface area contributed by atoms with Crippen molar-refractivity contribution in [3.8, 4) is 22.3 Å². The molecule has 0 bridgehead atoms. The van der Waals surface area contributed by atoms with Crippen LogP contribution in [0.25, 0.3) is 22.3 Å². The zero-order valence-corrected chi connectivity index (χ0v) is 15.2. The molecule has 3 aromatic rings. The fourth-order valence-electron chi connectivity index (χ4n) is 2.56. The first-order valence-corrected chi connectivity index (χ1v) is 9.37. The van der Waals surface area contributed by atoms with Crippen molar-refractivity contribution in [3.05, 3.63) is 64.6 Å². The Kier molecular flexibility index (Phi) is 5.46. The van der Waals surface area contributed by atoms with Gasteiger partial charge in [0.1, 0.15) is 10.7 Å². The van der Waals surface area contributed by atoms with Crippen LogP contribution in [0.3, 0.4) is 0 Å². The van der Waals surface area contributed by atoms with E-state index >= 15 is 0 Å². The summed E-state index contributed by atoms with van der Waals surface area (Å²) in [4.78, 5) is 12.5. The Bertz CT molecular complexity index is 973. The Morgan fingerprint density at radius 2 is 1.92 bits per heavy atom. The van der Waals surface area contributed by atoms with Gasteiger partial charge in [0.05, 0.1) is 12.8 Å². The molecule has 3 rings (SSSR count). The fraction of sp³-hybridized carbons (Fsp3) is 0.0556. The predicted molar refractivity (Wildman–Crippen MR) is 99.0 cm³/mol. The summed E-state index contributed by atoms with van der Waals surface area (Å²) in [5.41, 5.74) is 2.46. The molecule has 0 saturated carbocycles. The number of nitrogens with one attached hydrogen (secondary N) is 1. The number of methoxy groups -OCH3 is 1. The number of rotatable bonds is 5. The highest BCUT2D eigenvalue weighted by Crippen LogP contribution is 2.40. The second-order valence-electron chi connectivity index (χ2n) is 5.24. The van der Waals surface area contributed by atoms with Crippen LogP contribution >= 0.6 is 11.3 Å². The Balaban J connectivity index is 2.16. The van der Waals surface area contributed by atoms with Gasteiger partial charge in [-0.2, -0.15) is 0 Å². The number of hydrogen-bond acceptors (Lipinski definition) is 5. The van der Waals surface area contributed by atoms with Gasteiger partial charge in [-0.15, -0.1) is 11.3 Å². The summed E-state index contributed by atoms with van der Waals surface area (Å²) in [6, 6.07) is 13.4. The average molecular weight is 390 g/mol. The fourth-order valence-corrected chi connectivity index (χ4v) is 3.92. The van der Waals surface area contributed by atoms with Crippen LogP contribution in [0.5, 0.6) is 0 Å². The number of benzene rings is 2. The summed E-state index contributed by atoms with van der Waals surface area (Å²) in [7, 11) is 1.28. The summed E-state index contributed by atoms with van der Waals surface area (Å²) in [6.07, 6.45) is 0. The van der Waals surface area contributed by atoms with Crippen LogP contribution in [0.15, 0.2) is 53.9 Å². The van der Waals surface area contributed by atoms with E-state index in [1.165, 1.54) is 30.6 Å². The second kappa shape index (κ2) is 7.77. The molecule has 1 atom stereocenters. The highest BCUT2D eigenvalue weighted by atomic mass is 32.2. The lowest BCUT2D eigenvalue weighted by molar-refractivity contribution is 0.0607. The van der Waals surface area contributed by atoms with Gasteiger partial charge in [0.25, 0.3) is 0 Å². The molecule has 0 aliphatic carbocycles. The Hall–Kier alpha value is -2.55. The first-order valence-electron chi connectivity index (χ1n) is 7.42. The average Bonchev–Trinajstić information content (AvgIpc) is 3.08. The van der Waals surface area contributed by atoms with Crippen molar-refractivity contribution in [3.63, 3.8) is 0 Å². The normalized spacial score (nSPS) is 11.8. The van der Waals surface area contributed by atoms with Crippen LogP contribution in [0.1, 0.15) is 9.67 Å². The monoisotopic (exact) mass is 390 g/mol. The van der Waals surface area contributed by atoms with Crippen LogP contribution < -0.4 is 4.72 Å². The molecule has 0 fully saturated rings. The molecule has 5 nitrogen and oxygen atoms in total. The summed E-state index contributed by atoms with van der Waals surface area (Å²) in [5, 5.41) is 1.81. The van der Waals surface area contributed by atoms with Crippen LogP contribution in [0, 0.1) is 5.82 Å². The standard InChI is InChI=1S/C18H14FNO4S2/c1-24-18(21)17-16(13(10-25-17)11-5-3-2-4-6-11)12-7-8-15(14(19)9-12)20-26(22)23/h2-10,20H,1H3,(H,22,23)/p-1. The molecule has 0 aliphatic heterocycles. The van der Waals surface area contributed by atoms with Crippen molar-refractivity contribution in [1.29, 1.82) is 0 Å². The van der Waals surface area contributed by atoms with E-state index in [0.29, 0.717) is 16.0 Å². The van der Waals surface area contributed by atoms with Gasteiger partial charge in [-0.3, -0.25) is 4.21 Å². The molecule has 1 heterocycles. The molecule has 1 N–H and O–H groups in total. The zero-order chi connectivity index (χ0) is 18.7. The minimum Gasteiger partial charge on any atom is -0.755 e. The predicted octanol–water partition coefficient (Wildman–Crippen LogP) is 4.21. The third kappa shape index (κ3) is 3.67. The van der Waals surface area contributed by atoms with Gasteiger partial charge in [-0.1, -0.05) is 36.4 Å². The van der Waals surface area contributed by atoms with Gasteiger partial charge in [0.15, 0.2) is 0 Å². The number of halogens is 1. The van der Waals surface area contributed by atoms with Crippen molar-refractivity contribution in [2.45, 2.75) is 0 Å². The maximum absolute atomic E-state index is 14.3. The molecular weight excluding hydrogens is 377 g/mol. The highest BCUT2D eigenvalue weighted by molar-refractivity contribution is 7.80. The second-order valence-corrected chi connectivity index (χ2v) is 6.80. The lowest BCUT2D eigenvalue weighted by Gasteiger charge is -2.12. The van der Waals surface area contributed by atoms with Crippen LogP contribution in [-0.4, -0.2) is 21.8 Å². The summed E-state index contributed by atoms with van der Waals surface area (Å²) >= 11 is -1.42. The van der Waals surface area contributed by atoms with E-state index in [-0.39, 0.29) is 5.69 Å². The third-order valence-electron chi connectivity index (χ3n) is 3.70. The molecule has 0 radical (unpaired) electrons. The van der Waals surface area contributed by atoms with Crippen LogP contribution in [-0.2, 0) is 16.0 Å². The van der Waals surface area contributed by atoms with E-state index in [2.05, 4.69) is 0 Å². The van der Waals surface area contributed by atoms with E-state index in [1.54, 1.807) is 6.07 Å². The van der Waals surface area contributed by atoms with E-state index in [4.69, 9.17) is 4.74 Å². The summed E-state index contributed by atoms with van der Waals surface area (Å²) in [6.45, 7) is 0. The third-order valence-corrected chi connectivity index (χ3v) is 5.04. The molecule has 26 heavy (non-hydrogen) atoms. The van der Waals surface area contributed by atoms with Crippen molar-refractivity contribution < 1.29 is 22.7 Å². The number of carbonyl (C=O) groups is 1.